The zero-order chi connectivity index (χ0) is 21.5. The molecule has 3 aromatic rings. The predicted molar refractivity (Wildman–Crippen MR) is 142 cm³/mol. The zero-order valence-electron chi connectivity index (χ0n) is 18.9. The molecule has 7 heteroatoms. The molecule has 2 aromatic carbocycles. The van der Waals surface area contributed by atoms with Crippen LogP contribution in [0.4, 0.5) is 0 Å². The highest BCUT2D eigenvalue weighted by Gasteiger charge is 2.27. The van der Waals surface area contributed by atoms with Crippen LogP contribution in [-0.2, 0) is 11.2 Å². The number of aliphatic imine (C=N–C) groups is 1. The number of rotatable bonds is 7. The molecule has 1 aromatic heterocycles. The van der Waals surface area contributed by atoms with E-state index in [1.807, 2.05) is 18.2 Å². The number of benzene rings is 2. The van der Waals surface area contributed by atoms with E-state index in [0.717, 1.165) is 68.3 Å². The fraction of sp³-hybridized carbons (Fsp3) is 0.440. The minimum absolute atomic E-state index is 0. The number of H-pyrrole nitrogens is 1. The Kier molecular flexibility index (Phi) is 9.35. The first kappa shape index (κ1) is 24.5. The molecule has 3 N–H and O–H groups in total. The quantitative estimate of drug-likeness (QED) is 0.227. The van der Waals surface area contributed by atoms with Gasteiger partial charge in [-0.25, -0.2) is 4.98 Å². The topological polar surface area (TPSA) is 74.3 Å². The Balaban J connectivity index is 0.00000289. The molecule has 1 saturated heterocycles. The molecule has 0 spiro atoms. The van der Waals surface area contributed by atoms with Gasteiger partial charge in [0.05, 0.1) is 17.1 Å². The summed E-state index contributed by atoms with van der Waals surface area (Å²) in [5.74, 6) is 2.23. The molecule has 0 bridgehead atoms. The normalized spacial score (nSPS) is 18.9. The van der Waals surface area contributed by atoms with Gasteiger partial charge in [-0.05, 0) is 44.4 Å². The molecule has 0 aliphatic carbocycles. The van der Waals surface area contributed by atoms with Crippen LogP contribution in [0.15, 0.2) is 53.5 Å². The van der Waals surface area contributed by atoms with Crippen LogP contribution >= 0.6 is 24.0 Å². The average molecular weight is 547 g/mol. The Bertz CT molecular complexity index is 968. The third-order valence-electron chi connectivity index (χ3n) is 5.77. The molecule has 2 atom stereocenters. The number of hydrogen-bond acceptors (Lipinski definition) is 3. The number of fused-ring (bicyclic) bond motifs is 1. The Morgan fingerprint density at radius 1 is 1.16 bits per heavy atom. The van der Waals surface area contributed by atoms with Gasteiger partial charge in [-0.1, -0.05) is 42.0 Å². The Hall–Kier alpha value is -2.13. The van der Waals surface area contributed by atoms with Crippen molar-refractivity contribution in [2.45, 2.75) is 39.2 Å². The lowest BCUT2D eigenvalue weighted by Crippen LogP contribution is -2.39. The maximum absolute atomic E-state index is 6.15. The second kappa shape index (κ2) is 12.2. The minimum Gasteiger partial charge on any atom is -0.373 e. The van der Waals surface area contributed by atoms with Crippen molar-refractivity contribution in [3.05, 3.63) is 65.5 Å². The van der Waals surface area contributed by atoms with Gasteiger partial charge in [0.2, 0.25) is 0 Å². The van der Waals surface area contributed by atoms with Gasteiger partial charge in [0.1, 0.15) is 5.82 Å². The third kappa shape index (κ3) is 6.45. The summed E-state index contributed by atoms with van der Waals surface area (Å²) in [5, 5.41) is 6.82. The molecule has 1 aliphatic rings. The fourth-order valence-corrected chi connectivity index (χ4v) is 4.13. The molecule has 0 saturated carbocycles. The van der Waals surface area contributed by atoms with Crippen molar-refractivity contribution in [3.8, 4) is 0 Å². The molecule has 4 rings (SSSR count). The van der Waals surface area contributed by atoms with Crippen LogP contribution in [0.5, 0.6) is 0 Å². The highest BCUT2D eigenvalue weighted by atomic mass is 127. The largest absolute Gasteiger partial charge is 0.373 e. The molecule has 6 nitrogen and oxygen atoms in total. The lowest BCUT2D eigenvalue weighted by atomic mass is 9.89. The van der Waals surface area contributed by atoms with Crippen LogP contribution in [0.2, 0.25) is 0 Å². The first-order chi connectivity index (χ1) is 15.2. The number of nitrogens with one attached hydrogen (secondary N) is 3. The van der Waals surface area contributed by atoms with Crippen molar-refractivity contribution >= 4 is 41.0 Å². The second-order valence-electron chi connectivity index (χ2n) is 8.20. The molecule has 2 heterocycles. The van der Waals surface area contributed by atoms with Gasteiger partial charge in [0, 0.05) is 38.6 Å². The maximum Gasteiger partial charge on any atom is 0.191 e. The second-order valence-corrected chi connectivity index (χ2v) is 8.20. The maximum atomic E-state index is 6.15. The average Bonchev–Trinajstić information content (AvgIpc) is 3.21. The van der Waals surface area contributed by atoms with Gasteiger partial charge in [-0.15, -0.1) is 24.0 Å². The Labute approximate surface area is 207 Å². The summed E-state index contributed by atoms with van der Waals surface area (Å²) < 4.78 is 6.15. The van der Waals surface area contributed by atoms with E-state index in [-0.39, 0.29) is 30.1 Å². The molecule has 0 amide bonds. The summed E-state index contributed by atoms with van der Waals surface area (Å²) in [4.78, 5) is 12.9. The monoisotopic (exact) mass is 547 g/mol. The van der Waals surface area contributed by atoms with Gasteiger partial charge in [0.25, 0.3) is 0 Å². The molecule has 0 radical (unpaired) electrons. The number of aryl methyl sites for hydroxylation is 1. The number of nitrogens with zero attached hydrogens (tertiary/aromatic N) is 2. The lowest BCUT2D eigenvalue weighted by molar-refractivity contribution is -0.0250. The van der Waals surface area contributed by atoms with Crippen LogP contribution in [0.3, 0.4) is 0 Å². The lowest BCUT2D eigenvalue weighted by Gasteiger charge is -2.31. The minimum atomic E-state index is 0. The SMILES string of the molecule is CCNC(=NCC1CCCOC1c1ccc(C)cc1)NCCc1nc2ccccc2[nH]1.I. The van der Waals surface area contributed by atoms with Crippen LogP contribution in [0, 0.1) is 12.8 Å². The highest BCUT2D eigenvalue weighted by Crippen LogP contribution is 2.33. The Morgan fingerprint density at radius 3 is 2.75 bits per heavy atom. The summed E-state index contributed by atoms with van der Waals surface area (Å²) in [6.07, 6.45) is 3.17. The van der Waals surface area contributed by atoms with E-state index in [2.05, 4.69) is 64.8 Å². The number of para-hydroxylation sites is 2. The number of imidazole rings is 1. The summed E-state index contributed by atoms with van der Waals surface area (Å²) >= 11 is 0. The number of halogens is 1. The number of hydrogen-bond donors (Lipinski definition) is 3. The van der Waals surface area contributed by atoms with Crippen molar-refractivity contribution in [1.29, 1.82) is 0 Å². The smallest absolute Gasteiger partial charge is 0.191 e. The number of guanidine groups is 1. The number of ether oxygens (including phenoxy) is 1. The van der Waals surface area contributed by atoms with E-state index in [4.69, 9.17) is 9.73 Å². The molecule has 172 valence electrons. The van der Waals surface area contributed by atoms with Gasteiger partial charge in [-0.2, -0.15) is 0 Å². The van der Waals surface area contributed by atoms with Crippen molar-refractivity contribution in [2.75, 3.05) is 26.2 Å². The molecular weight excluding hydrogens is 513 g/mol. The molecule has 2 unspecified atom stereocenters. The van der Waals surface area contributed by atoms with E-state index < -0.39 is 0 Å². The van der Waals surface area contributed by atoms with Crippen LogP contribution < -0.4 is 10.6 Å². The standard InChI is InChI=1S/C25H33N5O.HI/c1-3-26-25(27-15-14-23-29-21-8-4-5-9-22(21)30-23)28-17-20-7-6-16-31-24(20)19-12-10-18(2)11-13-19;/h4-5,8-13,20,24H,3,6-7,14-17H2,1-2H3,(H,29,30)(H2,26,27,28);1H. The van der Waals surface area contributed by atoms with E-state index >= 15 is 0 Å². The van der Waals surface area contributed by atoms with Gasteiger partial charge >= 0.3 is 0 Å². The van der Waals surface area contributed by atoms with E-state index in [0.29, 0.717) is 5.92 Å². The van der Waals surface area contributed by atoms with E-state index in [1.165, 1.54) is 11.1 Å². The van der Waals surface area contributed by atoms with Gasteiger partial charge in [-0.3, -0.25) is 4.99 Å². The summed E-state index contributed by atoms with van der Waals surface area (Å²) in [6.45, 7) is 7.39. The number of aromatic amines is 1. The highest BCUT2D eigenvalue weighted by molar-refractivity contribution is 14.0. The predicted octanol–water partition coefficient (Wildman–Crippen LogP) is 4.75. The first-order valence-electron chi connectivity index (χ1n) is 11.4. The van der Waals surface area contributed by atoms with Gasteiger partial charge in [0.15, 0.2) is 5.96 Å². The van der Waals surface area contributed by atoms with E-state index in [1.54, 1.807) is 0 Å². The van der Waals surface area contributed by atoms with Crippen molar-refractivity contribution in [1.82, 2.24) is 20.6 Å². The van der Waals surface area contributed by atoms with E-state index in [9.17, 15) is 0 Å². The van der Waals surface area contributed by atoms with Gasteiger partial charge < -0.3 is 20.4 Å². The molecule has 1 aliphatic heterocycles. The van der Waals surface area contributed by atoms with Crippen LogP contribution in [-0.4, -0.2) is 42.2 Å². The fourth-order valence-electron chi connectivity index (χ4n) is 4.13. The Morgan fingerprint density at radius 2 is 1.97 bits per heavy atom. The van der Waals surface area contributed by atoms with Crippen molar-refractivity contribution < 1.29 is 4.74 Å². The zero-order valence-corrected chi connectivity index (χ0v) is 21.3. The summed E-state index contributed by atoms with van der Waals surface area (Å²) in [5.41, 5.74) is 4.63. The third-order valence-corrected chi connectivity index (χ3v) is 5.77. The summed E-state index contributed by atoms with van der Waals surface area (Å²) in [7, 11) is 0. The van der Waals surface area contributed by atoms with Crippen LogP contribution in [0.1, 0.15) is 42.8 Å². The molecule has 1 fully saturated rings. The summed E-state index contributed by atoms with van der Waals surface area (Å²) in [6, 6.07) is 16.8. The molecular formula is C25H34IN5O. The van der Waals surface area contributed by atoms with Crippen LogP contribution in [0.25, 0.3) is 11.0 Å². The van der Waals surface area contributed by atoms with Crippen molar-refractivity contribution in [3.63, 3.8) is 0 Å². The first-order valence-corrected chi connectivity index (χ1v) is 11.4. The number of aromatic nitrogens is 2. The molecule has 32 heavy (non-hydrogen) atoms. The van der Waals surface area contributed by atoms with Crippen molar-refractivity contribution in [2.24, 2.45) is 10.9 Å².